The Morgan fingerprint density at radius 1 is 0.627 bits per heavy atom. The van der Waals surface area contributed by atoms with E-state index in [1.807, 2.05) is 0 Å². The van der Waals surface area contributed by atoms with E-state index in [4.69, 9.17) is 10.5 Å². The maximum absolute atomic E-state index is 15.0. The summed E-state index contributed by atoms with van der Waals surface area (Å²) in [6.07, 6.45) is 0.114. The van der Waals surface area contributed by atoms with Gasteiger partial charge in [-0.15, -0.1) is 0 Å². The molecule has 572 valence electrons. The first kappa shape index (κ1) is 87.7. The van der Waals surface area contributed by atoms with Crippen LogP contribution in [0.1, 0.15) is 182 Å². The lowest BCUT2D eigenvalue weighted by Crippen LogP contribution is -2.64. The number of esters is 1. The lowest BCUT2D eigenvalue weighted by molar-refractivity contribution is -0.157. The number of allylic oxidation sites excluding steroid dienone is 1. The van der Waals surface area contributed by atoms with Gasteiger partial charge in [0.25, 0.3) is 5.91 Å². The number of cyclic esters (lactones) is 1. The van der Waals surface area contributed by atoms with Gasteiger partial charge >= 0.3 is 5.97 Å². The number of likely N-dealkylation sites (tertiary alicyclic amines) is 1. The van der Waals surface area contributed by atoms with Crippen molar-refractivity contribution in [3.63, 3.8) is 0 Å². The molecular weight excluding hydrogens is 1320 g/mol. The molecule has 0 aliphatic carbocycles. The SMILES string of the molecule is C/C=C1\NC(=O)[C@H](Cc2ccccc2)NC(=O)[C@@H](C(C)C)NC(=O)C(C(C)CC)NC(=O)C(NC(=O)[C@H](NC(=O)[C@H](CCCN)NC(=O)[C@H]2CCCN2C(=O)[C@@H](NC(=O)[C@@H](NC(=O)[C@@H](NC(=O)[C@H](NC(=O)CCC)C(C)C)[C@@H](C)O)C(C)C)C(C)C)[C@@H](C)CC)C(C)OC(=O)[C@H](C(C)C)NC1=O. The summed E-state index contributed by atoms with van der Waals surface area (Å²) in [6, 6.07) is -7.65. The molecule has 0 bridgehead atoms. The van der Waals surface area contributed by atoms with Crippen LogP contribution in [0.4, 0.5) is 0 Å². The standard InChI is InChI=1S/C72H118N14O16/c1-19-28-50(88)77-51(36(5)6)65(94)84-58(43(17)87)69(98)79-53(38(9)10)66(95)80-54(39(11)12)71(100)86-34-27-32-49(86)63(92)75-47(31-26-33-73)61(90)82-56(41(15)20-2)68(97)85-59-44(18)102-72(101)55(40(13)14)81-60(89)46(22-4)74-62(91)48(35-45-29-24-23-25-30-45)76-64(93)52(37(7)8)78-67(96)57(42(16)21-3)83-70(59)99/h22-25,29-30,36-44,47-49,51-59,87H,19-21,26-28,31-35,73H2,1-18H3,(H,74,91)(H,75,92)(H,76,93)(H,77,88)(H,78,96)(H,79,98)(H,80,95)(H,81,89)(H,82,90)(H,83,99)(H,84,94)(H,85,97)/b46-22-/t41-,42?,43+,44?,47-,48-,49+,51+,52+,53-,54-,55-,56+,57?,58-,59?/m0/s1. The molecule has 2 saturated heterocycles. The number of carbonyl (C=O) groups is 14. The molecule has 4 unspecified atom stereocenters. The van der Waals surface area contributed by atoms with Crippen LogP contribution in [0.2, 0.25) is 0 Å². The molecule has 1 aromatic rings. The summed E-state index contributed by atoms with van der Waals surface area (Å²) in [5.41, 5.74) is 6.33. The molecule has 3 rings (SSSR count). The van der Waals surface area contributed by atoms with Crippen LogP contribution in [0, 0.1) is 41.4 Å². The fraction of sp³-hybridized carbons (Fsp3) is 0.694. The van der Waals surface area contributed by atoms with E-state index in [0.717, 1.165) is 0 Å². The molecular formula is C72H118N14O16. The van der Waals surface area contributed by atoms with Crippen molar-refractivity contribution in [2.75, 3.05) is 13.1 Å². The highest BCUT2D eigenvalue weighted by atomic mass is 16.5. The molecule has 102 heavy (non-hydrogen) atoms. The minimum Gasteiger partial charge on any atom is -0.458 e. The van der Waals surface area contributed by atoms with Crippen LogP contribution in [0.5, 0.6) is 0 Å². The highest BCUT2D eigenvalue weighted by Gasteiger charge is 2.44. The number of nitrogens with one attached hydrogen (secondary N) is 12. The number of carbonyl (C=O) groups excluding carboxylic acids is 14. The summed E-state index contributed by atoms with van der Waals surface area (Å²) >= 11 is 0. The number of aliphatic hydroxyl groups excluding tert-OH is 1. The van der Waals surface area contributed by atoms with Crippen LogP contribution in [-0.2, 0) is 78.3 Å². The summed E-state index contributed by atoms with van der Waals surface area (Å²) in [7, 11) is 0. The van der Waals surface area contributed by atoms with Crippen molar-refractivity contribution in [3.05, 3.63) is 47.7 Å². The number of amides is 13. The van der Waals surface area contributed by atoms with E-state index in [1.54, 1.807) is 134 Å². The predicted octanol–water partition coefficient (Wildman–Crippen LogP) is 0.810. The van der Waals surface area contributed by atoms with E-state index in [2.05, 4.69) is 63.8 Å². The van der Waals surface area contributed by atoms with Gasteiger partial charge in [-0.05, 0) is 106 Å². The number of rotatable bonds is 31. The molecule has 0 spiro atoms. The Bertz CT molecular complexity index is 3090. The van der Waals surface area contributed by atoms with E-state index in [-0.39, 0.29) is 63.2 Å². The monoisotopic (exact) mass is 1430 g/mol. The van der Waals surface area contributed by atoms with Crippen molar-refractivity contribution in [3.8, 4) is 0 Å². The zero-order valence-corrected chi connectivity index (χ0v) is 63.0. The average molecular weight is 1440 g/mol. The summed E-state index contributed by atoms with van der Waals surface area (Å²) in [5.74, 6) is -15.5. The number of hydrogen-bond acceptors (Lipinski definition) is 17. The summed E-state index contributed by atoms with van der Waals surface area (Å²) in [6.45, 7) is 29.4. The zero-order valence-electron chi connectivity index (χ0n) is 63.0. The summed E-state index contributed by atoms with van der Waals surface area (Å²) in [5, 5.41) is 42.9. The molecule has 30 nitrogen and oxygen atoms in total. The van der Waals surface area contributed by atoms with Gasteiger partial charge in [-0.1, -0.05) is 153 Å². The van der Waals surface area contributed by atoms with Gasteiger partial charge in [-0.3, -0.25) is 62.3 Å². The van der Waals surface area contributed by atoms with E-state index >= 15 is 9.59 Å². The van der Waals surface area contributed by atoms with Gasteiger partial charge in [0, 0.05) is 19.4 Å². The predicted molar refractivity (Wildman–Crippen MR) is 382 cm³/mol. The van der Waals surface area contributed by atoms with Gasteiger partial charge in [0.1, 0.15) is 84.3 Å². The molecule has 0 aromatic heterocycles. The minimum absolute atomic E-state index is 0.0353. The van der Waals surface area contributed by atoms with E-state index < -0.39 is 203 Å². The van der Waals surface area contributed by atoms with Gasteiger partial charge in [0.15, 0.2) is 0 Å². The quantitative estimate of drug-likeness (QED) is 0.0361. The van der Waals surface area contributed by atoms with Crippen molar-refractivity contribution in [2.45, 2.75) is 267 Å². The third-order valence-corrected chi connectivity index (χ3v) is 18.6. The number of nitrogens with two attached hydrogens (primary N) is 1. The lowest BCUT2D eigenvalue weighted by Gasteiger charge is -2.33. The molecule has 1 aromatic carbocycles. The fourth-order valence-electron chi connectivity index (χ4n) is 11.7. The van der Waals surface area contributed by atoms with Crippen LogP contribution in [0.25, 0.3) is 0 Å². The summed E-state index contributed by atoms with van der Waals surface area (Å²) < 4.78 is 5.96. The van der Waals surface area contributed by atoms with Crippen molar-refractivity contribution < 1.29 is 77.0 Å². The highest BCUT2D eigenvalue weighted by molar-refractivity contribution is 6.03. The Labute approximate surface area is 601 Å². The molecule has 2 aliphatic rings. The Hall–Kier alpha value is -8.54. The molecule has 16 atom stereocenters. The third kappa shape index (κ3) is 25.8. The highest BCUT2D eigenvalue weighted by Crippen LogP contribution is 2.23. The molecule has 2 heterocycles. The number of hydrogen-bond donors (Lipinski definition) is 14. The second-order valence-corrected chi connectivity index (χ2v) is 28.6. The topological polar surface area (TPSA) is 442 Å². The second kappa shape index (κ2) is 42.1. The molecule has 15 N–H and O–H groups in total. The Kier molecular flexibility index (Phi) is 36.2. The van der Waals surface area contributed by atoms with Crippen LogP contribution < -0.4 is 69.5 Å². The minimum atomic E-state index is -1.83. The number of ether oxygens (including phenoxy) is 1. The van der Waals surface area contributed by atoms with Crippen LogP contribution in [-0.4, -0.2) is 191 Å². The molecule has 2 fully saturated rings. The zero-order chi connectivity index (χ0) is 77.2. The first-order valence-electron chi connectivity index (χ1n) is 36.1. The Balaban J connectivity index is 2.02. The van der Waals surface area contributed by atoms with Crippen molar-refractivity contribution >= 4 is 82.8 Å². The normalized spacial score (nSPS) is 22.8. The van der Waals surface area contributed by atoms with Gasteiger partial charge in [-0.25, -0.2) is 4.79 Å². The van der Waals surface area contributed by atoms with E-state index in [0.29, 0.717) is 24.8 Å². The van der Waals surface area contributed by atoms with Crippen molar-refractivity contribution in [2.24, 2.45) is 47.2 Å². The summed E-state index contributed by atoms with van der Waals surface area (Å²) in [4.78, 5) is 201. The second-order valence-electron chi connectivity index (χ2n) is 28.6. The maximum Gasteiger partial charge on any atom is 0.329 e. The smallest absolute Gasteiger partial charge is 0.329 e. The number of aliphatic hydroxyl groups is 1. The Morgan fingerprint density at radius 3 is 1.70 bits per heavy atom. The van der Waals surface area contributed by atoms with Crippen LogP contribution in [0.15, 0.2) is 42.1 Å². The third-order valence-electron chi connectivity index (χ3n) is 18.6. The average Bonchev–Trinajstić information content (AvgIpc) is 1.45. The largest absolute Gasteiger partial charge is 0.458 e. The van der Waals surface area contributed by atoms with Crippen molar-refractivity contribution in [1.29, 1.82) is 0 Å². The van der Waals surface area contributed by atoms with E-state index in [1.165, 1.54) is 31.7 Å². The fourth-order valence-corrected chi connectivity index (χ4v) is 11.7. The van der Waals surface area contributed by atoms with Gasteiger partial charge in [-0.2, -0.15) is 0 Å². The van der Waals surface area contributed by atoms with Gasteiger partial charge in [0.05, 0.1) is 6.10 Å². The van der Waals surface area contributed by atoms with Crippen molar-refractivity contribution in [1.82, 2.24) is 68.7 Å². The van der Waals surface area contributed by atoms with Gasteiger partial charge < -0.3 is 84.3 Å². The molecule has 30 heteroatoms. The van der Waals surface area contributed by atoms with Crippen LogP contribution in [0.3, 0.4) is 0 Å². The van der Waals surface area contributed by atoms with E-state index in [9.17, 15) is 62.6 Å². The molecule has 0 radical (unpaired) electrons. The number of benzene rings is 1. The van der Waals surface area contributed by atoms with Gasteiger partial charge in [0.2, 0.25) is 70.9 Å². The first-order chi connectivity index (χ1) is 47.9. The lowest BCUT2D eigenvalue weighted by atomic mass is 9.95. The Morgan fingerprint density at radius 2 is 1.17 bits per heavy atom. The molecule has 0 saturated carbocycles. The van der Waals surface area contributed by atoms with Crippen LogP contribution >= 0.6 is 0 Å². The maximum atomic E-state index is 15.0. The molecule has 2 aliphatic heterocycles. The first-order valence-corrected chi connectivity index (χ1v) is 36.1. The molecule has 13 amide bonds. The number of nitrogens with zero attached hydrogens (tertiary/aromatic N) is 1.